The molecule has 152 valence electrons. The summed E-state index contributed by atoms with van der Waals surface area (Å²) < 4.78 is 28.2. The van der Waals surface area contributed by atoms with Gasteiger partial charge in [-0.1, -0.05) is 42.8 Å². The highest BCUT2D eigenvalue weighted by Gasteiger charge is 2.21. The van der Waals surface area contributed by atoms with Gasteiger partial charge in [-0.3, -0.25) is 9.89 Å². The molecule has 2 aromatic carbocycles. The van der Waals surface area contributed by atoms with Gasteiger partial charge in [0.25, 0.3) is 0 Å². The van der Waals surface area contributed by atoms with Crippen LogP contribution in [0.1, 0.15) is 18.9 Å². The Hall–Kier alpha value is -2.68. The highest BCUT2D eigenvalue weighted by molar-refractivity contribution is 7.89. The van der Waals surface area contributed by atoms with E-state index < -0.39 is 10.0 Å². The van der Waals surface area contributed by atoms with Crippen LogP contribution >= 0.6 is 11.6 Å². The molecule has 3 N–H and O–H groups in total. The van der Waals surface area contributed by atoms with Gasteiger partial charge in [0.2, 0.25) is 15.9 Å². The van der Waals surface area contributed by atoms with Crippen molar-refractivity contribution in [2.24, 2.45) is 0 Å². The molecule has 0 atom stereocenters. The van der Waals surface area contributed by atoms with Gasteiger partial charge in [0.1, 0.15) is 0 Å². The molecular formula is C20H21ClN4O3S. The van der Waals surface area contributed by atoms with Gasteiger partial charge in [0.15, 0.2) is 0 Å². The van der Waals surface area contributed by atoms with Crippen LogP contribution < -0.4 is 10.0 Å². The maximum atomic E-state index is 12.8. The van der Waals surface area contributed by atoms with Crippen molar-refractivity contribution in [2.75, 3.05) is 11.9 Å². The summed E-state index contributed by atoms with van der Waals surface area (Å²) in [6, 6.07) is 11.8. The summed E-state index contributed by atoms with van der Waals surface area (Å²) in [5.74, 6) is -0.293. The normalized spacial score (nSPS) is 11.4. The molecule has 3 aromatic rings. The van der Waals surface area contributed by atoms with Crippen molar-refractivity contribution in [3.05, 3.63) is 65.4 Å². The lowest BCUT2D eigenvalue weighted by atomic mass is 10.1. The van der Waals surface area contributed by atoms with Crippen molar-refractivity contribution in [2.45, 2.75) is 24.7 Å². The number of nitrogens with one attached hydrogen (secondary N) is 3. The third-order valence-corrected chi connectivity index (χ3v) is 6.08. The molecule has 0 aliphatic heterocycles. The molecule has 1 amide bonds. The van der Waals surface area contributed by atoms with E-state index in [1.54, 1.807) is 48.8 Å². The number of hydrogen-bond acceptors (Lipinski definition) is 4. The number of H-pyrrole nitrogens is 1. The lowest BCUT2D eigenvalue weighted by Gasteiger charge is -2.13. The van der Waals surface area contributed by atoms with Crippen LogP contribution in [-0.2, 0) is 21.2 Å². The molecule has 0 bridgehead atoms. The number of aromatic amines is 1. The van der Waals surface area contributed by atoms with Gasteiger partial charge in [-0.25, -0.2) is 13.1 Å². The van der Waals surface area contributed by atoms with E-state index in [1.807, 2.05) is 6.92 Å². The first kappa shape index (κ1) is 21.0. The zero-order valence-corrected chi connectivity index (χ0v) is 17.3. The second-order valence-electron chi connectivity index (χ2n) is 6.41. The number of carbonyl (C=O) groups excluding carboxylic acids is 1. The first-order chi connectivity index (χ1) is 13.9. The largest absolute Gasteiger partial charge is 0.326 e. The van der Waals surface area contributed by atoms with Gasteiger partial charge in [-0.2, -0.15) is 5.10 Å². The zero-order valence-electron chi connectivity index (χ0n) is 15.8. The van der Waals surface area contributed by atoms with Gasteiger partial charge in [-0.15, -0.1) is 0 Å². The van der Waals surface area contributed by atoms with E-state index in [9.17, 15) is 13.2 Å². The molecule has 3 rings (SSSR count). The molecule has 0 saturated heterocycles. The zero-order chi connectivity index (χ0) is 20.9. The smallest absolute Gasteiger partial charge is 0.241 e. The molecule has 0 fully saturated rings. The minimum absolute atomic E-state index is 0.0721. The number of halogens is 1. The van der Waals surface area contributed by atoms with E-state index in [0.717, 1.165) is 0 Å². The highest BCUT2D eigenvalue weighted by Crippen LogP contribution is 2.29. The Morgan fingerprint density at radius 2 is 2.00 bits per heavy atom. The Morgan fingerprint density at radius 3 is 2.69 bits per heavy atom. The molecule has 0 spiro atoms. The van der Waals surface area contributed by atoms with Crippen LogP contribution in [0.5, 0.6) is 0 Å². The fourth-order valence-electron chi connectivity index (χ4n) is 2.79. The predicted molar refractivity (Wildman–Crippen MR) is 113 cm³/mol. The van der Waals surface area contributed by atoms with Gasteiger partial charge in [0, 0.05) is 34.6 Å². The molecule has 29 heavy (non-hydrogen) atoms. The number of benzene rings is 2. The minimum Gasteiger partial charge on any atom is -0.326 e. The Labute approximate surface area is 174 Å². The maximum Gasteiger partial charge on any atom is 0.241 e. The van der Waals surface area contributed by atoms with Crippen LogP contribution in [0.15, 0.2) is 59.8 Å². The SMILES string of the molecule is CCCNS(=O)(=O)c1cc(NC(=O)Cc2ccccc2Cl)ccc1-c1cn[nH]c1. The molecule has 0 unspecified atom stereocenters. The molecule has 1 aromatic heterocycles. The van der Waals surface area contributed by atoms with Crippen molar-refractivity contribution in [3.8, 4) is 11.1 Å². The minimum atomic E-state index is -3.77. The standard InChI is InChI=1S/C20H21ClN4O3S/c1-2-9-24-29(27,28)19-11-16(7-8-17(19)15-12-22-23-13-15)25-20(26)10-14-5-3-4-6-18(14)21/h3-8,11-13,24H,2,9-10H2,1H3,(H,22,23)(H,25,26). The van der Waals surface area contributed by atoms with E-state index in [0.29, 0.717) is 40.4 Å². The monoisotopic (exact) mass is 432 g/mol. The molecule has 0 aliphatic carbocycles. The molecule has 0 aliphatic rings. The number of sulfonamides is 1. The summed E-state index contributed by atoms with van der Waals surface area (Å²) in [6.45, 7) is 2.20. The summed E-state index contributed by atoms with van der Waals surface area (Å²) in [4.78, 5) is 12.5. The maximum absolute atomic E-state index is 12.8. The fourth-order valence-corrected chi connectivity index (χ4v) is 4.38. The lowest BCUT2D eigenvalue weighted by Crippen LogP contribution is -2.25. The van der Waals surface area contributed by atoms with Gasteiger partial charge in [0.05, 0.1) is 17.5 Å². The number of hydrogen-bond donors (Lipinski definition) is 3. The van der Waals surface area contributed by atoms with E-state index in [4.69, 9.17) is 11.6 Å². The Bertz CT molecular complexity index is 1100. The summed E-state index contributed by atoms with van der Waals surface area (Å²) in [5, 5.41) is 9.82. The third-order valence-electron chi connectivity index (χ3n) is 4.22. The van der Waals surface area contributed by atoms with E-state index in [-0.39, 0.29) is 17.2 Å². The Morgan fingerprint density at radius 1 is 1.21 bits per heavy atom. The third kappa shape index (κ3) is 5.23. The molecule has 9 heteroatoms. The van der Waals surface area contributed by atoms with Crippen LogP contribution in [0.25, 0.3) is 11.1 Å². The van der Waals surface area contributed by atoms with Crippen molar-refractivity contribution in [3.63, 3.8) is 0 Å². The quantitative estimate of drug-likeness (QED) is 0.505. The van der Waals surface area contributed by atoms with Crippen molar-refractivity contribution >= 4 is 33.2 Å². The number of nitrogens with zero attached hydrogens (tertiary/aromatic N) is 1. The van der Waals surface area contributed by atoms with Crippen molar-refractivity contribution in [1.82, 2.24) is 14.9 Å². The van der Waals surface area contributed by atoms with Crippen LogP contribution in [-0.4, -0.2) is 31.1 Å². The summed E-state index contributed by atoms with van der Waals surface area (Å²) in [5.41, 5.74) is 2.20. The highest BCUT2D eigenvalue weighted by atomic mass is 35.5. The Kier molecular flexibility index (Phi) is 6.68. The van der Waals surface area contributed by atoms with Gasteiger partial charge < -0.3 is 5.32 Å². The topological polar surface area (TPSA) is 104 Å². The van der Waals surface area contributed by atoms with E-state index >= 15 is 0 Å². The average molecular weight is 433 g/mol. The van der Waals surface area contributed by atoms with Gasteiger partial charge in [-0.05, 0) is 30.2 Å². The molecule has 0 saturated carbocycles. The Balaban J connectivity index is 1.89. The van der Waals surface area contributed by atoms with Gasteiger partial charge >= 0.3 is 0 Å². The molecule has 1 heterocycles. The van der Waals surface area contributed by atoms with E-state index in [1.165, 1.54) is 6.07 Å². The van der Waals surface area contributed by atoms with Crippen LogP contribution in [0.3, 0.4) is 0 Å². The first-order valence-electron chi connectivity index (χ1n) is 9.07. The van der Waals surface area contributed by atoms with Crippen molar-refractivity contribution in [1.29, 1.82) is 0 Å². The number of carbonyl (C=O) groups is 1. The van der Waals surface area contributed by atoms with E-state index in [2.05, 4.69) is 20.2 Å². The average Bonchev–Trinajstić information content (AvgIpc) is 3.23. The van der Waals surface area contributed by atoms with Crippen LogP contribution in [0, 0.1) is 0 Å². The second kappa shape index (κ2) is 9.21. The summed E-state index contributed by atoms with van der Waals surface area (Å²) in [6.07, 6.45) is 3.90. The molecule has 0 radical (unpaired) electrons. The number of amides is 1. The number of anilines is 1. The number of rotatable bonds is 8. The second-order valence-corrected chi connectivity index (χ2v) is 8.55. The molecule has 7 nitrogen and oxygen atoms in total. The summed E-state index contributed by atoms with van der Waals surface area (Å²) in [7, 11) is -3.77. The van der Waals surface area contributed by atoms with Crippen molar-refractivity contribution < 1.29 is 13.2 Å². The predicted octanol–water partition coefficient (Wildman–Crippen LogP) is 3.60. The first-order valence-corrected chi connectivity index (χ1v) is 10.9. The lowest BCUT2D eigenvalue weighted by molar-refractivity contribution is -0.115. The van der Waals surface area contributed by atoms with Crippen LogP contribution in [0.4, 0.5) is 5.69 Å². The molecular weight excluding hydrogens is 412 g/mol. The fraction of sp³-hybridized carbons (Fsp3) is 0.200. The number of aromatic nitrogens is 2. The summed E-state index contributed by atoms with van der Waals surface area (Å²) >= 11 is 6.11. The van der Waals surface area contributed by atoms with Crippen LogP contribution in [0.2, 0.25) is 5.02 Å².